The van der Waals surface area contributed by atoms with E-state index in [0.717, 1.165) is 23.1 Å². The SMILES string of the molecule is COc1c(/C=C2\SC(=S)NC2=O)c(CS(=O)(=O)c2cccs2)cc2c1OCO2. The molecule has 0 bridgehead atoms. The van der Waals surface area contributed by atoms with E-state index in [2.05, 4.69) is 5.32 Å². The number of nitrogens with one attached hydrogen (secondary N) is 1. The van der Waals surface area contributed by atoms with Crippen LogP contribution in [-0.2, 0) is 20.4 Å². The molecule has 0 aliphatic carbocycles. The first kappa shape index (κ1) is 19.2. The molecule has 1 fully saturated rings. The number of hydrogen-bond donors (Lipinski definition) is 1. The average molecular weight is 456 g/mol. The molecule has 1 N–H and O–H groups in total. The summed E-state index contributed by atoms with van der Waals surface area (Å²) in [6.45, 7) is 0.00214. The van der Waals surface area contributed by atoms with Crippen molar-refractivity contribution >= 4 is 61.5 Å². The number of sulfone groups is 1. The molecule has 2 aliphatic rings. The number of methoxy groups -OCH3 is 1. The van der Waals surface area contributed by atoms with Crippen LogP contribution in [0, 0.1) is 0 Å². The smallest absolute Gasteiger partial charge is 0.263 e. The Balaban J connectivity index is 1.87. The number of thiophene rings is 1. The largest absolute Gasteiger partial charge is 0.492 e. The van der Waals surface area contributed by atoms with Crippen LogP contribution in [0.25, 0.3) is 6.08 Å². The monoisotopic (exact) mass is 455 g/mol. The molecule has 0 saturated carbocycles. The van der Waals surface area contributed by atoms with Crippen molar-refractivity contribution in [2.75, 3.05) is 13.9 Å². The zero-order valence-electron chi connectivity index (χ0n) is 14.4. The Hall–Kier alpha value is -2.08. The fourth-order valence-corrected chi connectivity index (χ4v) is 6.31. The van der Waals surface area contributed by atoms with Gasteiger partial charge in [-0.25, -0.2) is 8.42 Å². The maximum atomic E-state index is 12.8. The fourth-order valence-electron chi connectivity index (χ4n) is 2.83. The summed E-state index contributed by atoms with van der Waals surface area (Å²) in [7, 11) is -2.14. The molecule has 7 nitrogen and oxygen atoms in total. The first-order valence-corrected chi connectivity index (χ1v) is 11.7. The molecule has 0 radical (unpaired) electrons. The predicted molar refractivity (Wildman–Crippen MR) is 111 cm³/mol. The molecule has 28 heavy (non-hydrogen) atoms. The topological polar surface area (TPSA) is 90.9 Å². The van der Waals surface area contributed by atoms with Crippen LogP contribution in [0.5, 0.6) is 17.2 Å². The van der Waals surface area contributed by atoms with Gasteiger partial charge in [-0.05, 0) is 29.2 Å². The molecular weight excluding hydrogens is 442 g/mol. The number of thioether (sulfide) groups is 1. The number of fused-ring (bicyclic) bond motifs is 1. The number of benzene rings is 1. The molecule has 1 amide bonds. The number of carbonyl (C=O) groups excluding carboxylic acids is 1. The molecule has 1 aromatic carbocycles. The lowest BCUT2D eigenvalue weighted by Gasteiger charge is -2.14. The molecule has 146 valence electrons. The number of thiocarbonyl (C=S) groups is 1. The van der Waals surface area contributed by atoms with Crippen LogP contribution < -0.4 is 19.5 Å². The van der Waals surface area contributed by atoms with Crippen molar-refractivity contribution in [1.29, 1.82) is 0 Å². The molecular formula is C17H13NO6S4. The first-order chi connectivity index (χ1) is 13.4. The van der Waals surface area contributed by atoms with Crippen LogP contribution in [0.4, 0.5) is 0 Å². The molecule has 0 atom stereocenters. The van der Waals surface area contributed by atoms with Crippen LogP contribution in [0.3, 0.4) is 0 Å². The number of amides is 1. The summed E-state index contributed by atoms with van der Waals surface area (Å²) in [6.07, 6.45) is 1.57. The van der Waals surface area contributed by atoms with E-state index in [0.29, 0.717) is 37.6 Å². The molecule has 0 spiro atoms. The molecule has 11 heteroatoms. The van der Waals surface area contributed by atoms with E-state index in [1.807, 2.05) is 0 Å². The minimum absolute atomic E-state index is 0.00214. The summed E-state index contributed by atoms with van der Waals surface area (Å²) in [5, 5.41) is 4.25. The quantitative estimate of drug-likeness (QED) is 0.544. The van der Waals surface area contributed by atoms with E-state index < -0.39 is 9.84 Å². The standard InChI is InChI=1S/C17H13NO6S4/c1-22-14-10(6-12-16(19)18-17(25)27-12)9(5-11-15(14)24-8-23-11)7-28(20,21)13-3-2-4-26-13/h2-6H,7-8H2,1H3,(H,18,19,25)/b12-6-. The molecule has 0 unspecified atom stereocenters. The van der Waals surface area contributed by atoms with Gasteiger partial charge in [-0.1, -0.05) is 30.0 Å². The minimum Gasteiger partial charge on any atom is -0.492 e. The first-order valence-electron chi connectivity index (χ1n) is 7.89. The Labute approximate surface area is 174 Å². The Kier molecular flexibility index (Phi) is 5.08. The maximum absolute atomic E-state index is 12.8. The minimum atomic E-state index is -3.59. The van der Waals surface area contributed by atoms with Gasteiger partial charge in [-0.15, -0.1) is 11.3 Å². The fraction of sp³-hybridized carbons (Fsp3) is 0.176. The maximum Gasteiger partial charge on any atom is 0.263 e. The highest BCUT2D eigenvalue weighted by Gasteiger charge is 2.30. The van der Waals surface area contributed by atoms with Crippen LogP contribution in [0.15, 0.2) is 32.7 Å². The lowest BCUT2D eigenvalue weighted by Crippen LogP contribution is -2.17. The molecule has 4 rings (SSSR count). The van der Waals surface area contributed by atoms with Gasteiger partial charge in [0.2, 0.25) is 12.5 Å². The number of carbonyl (C=O) groups is 1. The Morgan fingerprint density at radius 1 is 1.39 bits per heavy atom. The van der Waals surface area contributed by atoms with E-state index in [1.54, 1.807) is 29.7 Å². The van der Waals surface area contributed by atoms with Crippen molar-refractivity contribution in [2.45, 2.75) is 9.96 Å². The van der Waals surface area contributed by atoms with Crippen molar-refractivity contribution in [2.24, 2.45) is 0 Å². The molecule has 2 aromatic rings. The molecule has 2 aliphatic heterocycles. The van der Waals surface area contributed by atoms with Gasteiger partial charge in [-0.3, -0.25) is 4.79 Å². The summed E-state index contributed by atoms with van der Waals surface area (Å²) >= 11 is 7.27. The van der Waals surface area contributed by atoms with E-state index in [4.69, 9.17) is 26.4 Å². The summed E-state index contributed by atoms with van der Waals surface area (Å²) in [6, 6.07) is 4.85. The van der Waals surface area contributed by atoms with Crippen LogP contribution in [0.1, 0.15) is 11.1 Å². The summed E-state index contributed by atoms with van der Waals surface area (Å²) in [5.41, 5.74) is 0.877. The Morgan fingerprint density at radius 2 is 2.21 bits per heavy atom. The highest BCUT2D eigenvalue weighted by atomic mass is 32.2. The predicted octanol–water partition coefficient (Wildman–Crippen LogP) is 2.95. The van der Waals surface area contributed by atoms with Crippen LogP contribution in [-0.4, -0.2) is 32.5 Å². The third-order valence-electron chi connectivity index (χ3n) is 4.01. The van der Waals surface area contributed by atoms with Gasteiger partial charge in [-0.2, -0.15) is 0 Å². The van der Waals surface area contributed by atoms with Gasteiger partial charge < -0.3 is 19.5 Å². The van der Waals surface area contributed by atoms with Crippen LogP contribution in [0.2, 0.25) is 0 Å². The van der Waals surface area contributed by atoms with Crippen LogP contribution >= 0.6 is 35.3 Å². The van der Waals surface area contributed by atoms with Crippen molar-refractivity contribution in [3.8, 4) is 17.2 Å². The summed E-state index contributed by atoms with van der Waals surface area (Å²) in [5.74, 6) is 0.454. The van der Waals surface area contributed by atoms with Gasteiger partial charge in [0.1, 0.15) is 8.53 Å². The second-order valence-electron chi connectivity index (χ2n) is 5.76. The summed E-state index contributed by atoms with van der Waals surface area (Å²) < 4.78 is 42.7. The van der Waals surface area contributed by atoms with Gasteiger partial charge >= 0.3 is 0 Å². The third kappa shape index (κ3) is 3.50. The molecule has 1 aromatic heterocycles. The highest BCUT2D eigenvalue weighted by molar-refractivity contribution is 8.26. The zero-order valence-corrected chi connectivity index (χ0v) is 17.6. The van der Waals surface area contributed by atoms with Crippen molar-refractivity contribution < 1.29 is 27.4 Å². The van der Waals surface area contributed by atoms with Gasteiger partial charge in [0.25, 0.3) is 5.91 Å². The number of ether oxygens (including phenoxy) is 3. The average Bonchev–Trinajstić information content (AvgIpc) is 3.37. The van der Waals surface area contributed by atoms with Crippen molar-refractivity contribution in [3.05, 3.63) is 39.6 Å². The molecule has 1 saturated heterocycles. The molecule has 3 heterocycles. The highest BCUT2D eigenvalue weighted by Crippen LogP contribution is 2.47. The number of hydrogen-bond acceptors (Lipinski definition) is 9. The number of rotatable bonds is 5. The zero-order chi connectivity index (χ0) is 19.9. The summed E-state index contributed by atoms with van der Waals surface area (Å²) in [4.78, 5) is 12.4. The van der Waals surface area contributed by atoms with E-state index in [9.17, 15) is 13.2 Å². The van der Waals surface area contributed by atoms with Gasteiger partial charge in [0.05, 0.1) is 17.8 Å². The normalized spacial score (nSPS) is 17.2. The second kappa shape index (κ2) is 7.39. The second-order valence-corrected chi connectivity index (χ2v) is 10.6. The van der Waals surface area contributed by atoms with Crippen molar-refractivity contribution in [1.82, 2.24) is 5.32 Å². The van der Waals surface area contributed by atoms with E-state index >= 15 is 0 Å². The van der Waals surface area contributed by atoms with E-state index in [-0.39, 0.29) is 22.7 Å². The van der Waals surface area contributed by atoms with Crippen molar-refractivity contribution in [3.63, 3.8) is 0 Å². The third-order valence-corrected chi connectivity index (χ3v) is 8.33. The Bertz CT molecular complexity index is 1110. The lowest BCUT2D eigenvalue weighted by atomic mass is 10.0. The van der Waals surface area contributed by atoms with Gasteiger partial charge in [0.15, 0.2) is 21.3 Å². The van der Waals surface area contributed by atoms with Gasteiger partial charge in [0, 0.05) is 5.56 Å². The Morgan fingerprint density at radius 3 is 2.86 bits per heavy atom. The van der Waals surface area contributed by atoms with E-state index in [1.165, 1.54) is 7.11 Å². The lowest BCUT2D eigenvalue weighted by molar-refractivity contribution is -0.115.